The van der Waals surface area contributed by atoms with Crippen LogP contribution in [0.1, 0.15) is 25.0 Å². The van der Waals surface area contributed by atoms with Gasteiger partial charge in [0, 0.05) is 23.1 Å². The first-order valence-corrected chi connectivity index (χ1v) is 9.54. The van der Waals surface area contributed by atoms with E-state index in [9.17, 15) is 14.3 Å². The summed E-state index contributed by atoms with van der Waals surface area (Å²) in [5.41, 5.74) is -0.270. The van der Waals surface area contributed by atoms with E-state index in [0.29, 0.717) is 34.4 Å². The Kier molecular flexibility index (Phi) is 5.46. The highest BCUT2D eigenvalue weighted by molar-refractivity contribution is 9.10. The predicted molar refractivity (Wildman–Crippen MR) is 104 cm³/mol. The molecule has 2 aromatic rings. The first-order chi connectivity index (χ1) is 12.4. The van der Waals surface area contributed by atoms with E-state index < -0.39 is 17.3 Å². The van der Waals surface area contributed by atoms with Crippen molar-refractivity contribution in [2.24, 2.45) is 0 Å². The Morgan fingerprint density at radius 2 is 1.81 bits per heavy atom. The molecule has 26 heavy (non-hydrogen) atoms. The van der Waals surface area contributed by atoms with Crippen LogP contribution in [0.2, 0.25) is 0 Å². The lowest BCUT2D eigenvalue weighted by molar-refractivity contribution is -0.132. The molecule has 3 rings (SSSR count). The van der Waals surface area contributed by atoms with E-state index >= 15 is 0 Å². The molecule has 1 aliphatic rings. The SMILES string of the molecule is CCN(CC)CCN1C(=O)C(O)(c2ccc(F)cc2)c2c(Br)cccc21. The summed E-state index contributed by atoms with van der Waals surface area (Å²) in [6, 6.07) is 10.9. The molecule has 1 unspecified atom stereocenters. The maximum absolute atomic E-state index is 13.3. The molecule has 2 aromatic carbocycles. The van der Waals surface area contributed by atoms with Crippen LogP contribution in [0.4, 0.5) is 10.1 Å². The Balaban J connectivity index is 2.05. The van der Waals surface area contributed by atoms with Gasteiger partial charge in [-0.05, 0) is 42.9 Å². The van der Waals surface area contributed by atoms with Gasteiger partial charge < -0.3 is 14.9 Å². The lowest BCUT2D eigenvalue weighted by Gasteiger charge is -2.26. The number of likely N-dealkylation sites (N-methyl/N-ethyl adjacent to an activating group) is 1. The summed E-state index contributed by atoms with van der Waals surface area (Å²) in [6.07, 6.45) is 0. The zero-order chi connectivity index (χ0) is 18.9. The Morgan fingerprint density at radius 3 is 2.42 bits per heavy atom. The van der Waals surface area contributed by atoms with Gasteiger partial charge in [-0.2, -0.15) is 0 Å². The molecule has 6 heteroatoms. The van der Waals surface area contributed by atoms with Crippen LogP contribution in [0, 0.1) is 5.82 Å². The van der Waals surface area contributed by atoms with Crippen LogP contribution in [0.15, 0.2) is 46.9 Å². The minimum atomic E-state index is -1.83. The van der Waals surface area contributed by atoms with E-state index in [0.717, 1.165) is 13.1 Å². The molecule has 138 valence electrons. The van der Waals surface area contributed by atoms with E-state index in [4.69, 9.17) is 0 Å². The average Bonchev–Trinajstić information content (AvgIpc) is 2.86. The molecule has 0 aliphatic carbocycles. The van der Waals surface area contributed by atoms with Crippen molar-refractivity contribution in [2.45, 2.75) is 19.4 Å². The van der Waals surface area contributed by atoms with Crippen LogP contribution in [-0.2, 0) is 10.4 Å². The lowest BCUT2D eigenvalue weighted by atomic mass is 9.87. The van der Waals surface area contributed by atoms with Crippen LogP contribution < -0.4 is 4.90 Å². The van der Waals surface area contributed by atoms with Gasteiger partial charge in [-0.1, -0.05) is 48.0 Å². The molecule has 1 heterocycles. The van der Waals surface area contributed by atoms with Crippen molar-refractivity contribution < 1.29 is 14.3 Å². The molecule has 4 nitrogen and oxygen atoms in total. The van der Waals surface area contributed by atoms with E-state index in [-0.39, 0.29) is 0 Å². The van der Waals surface area contributed by atoms with Gasteiger partial charge in [0.15, 0.2) is 5.60 Å². The second-order valence-electron chi connectivity index (χ2n) is 6.33. The second-order valence-corrected chi connectivity index (χ2v) is 7.19. The van der Waals surface area contributed by atoms with E-state index in [1.165, 1.54) is 24.3 Å². The molecule has 1 aliphatic heterocycles. The Labute approximate surface area is 161 Å². The van der Waals surface area contributed by atoms with Crippen LogP contribution in [0.25, 0.3) is 0 Å². The molecule has 0 bridgehead atoms. The van der Waals surface area contributed by atoms with E-state index in [1.807, 2.05) is 12.1 Å². The number of aliphatic hydroxyl groups is 1. The van der Waals surface area contributed by atoms with Crippen molar-refractivity contribution in [2.75, 3.05) is 31.1 Å². The molecule has 0 fully saturated rings. The fourth-order valence-corrected chi connectivity index (χ4v) is 4.11. The fourth-order valence-electron chi connectivity index (χ4n) is 3.47. The molecule has 1 atom stereocenters. The Bertz CT molecular complexity index is 808. The number of carbonyl (C=O) groups is 1. The number of amides is 1. The van der Waals surface area contributed by atoms with Crippen molar-refractivity contribution in [3.05, 3.63) is 63.9 Å². The summed E-state index contributed by atoms with van der Waals surface area (Å²) in [5.74, 6) is -0.813. The van der Waals surface area contributed by atoms with E-state index in [1.54, 1.807) is 11.0 Å². The number of benzene rings is 2. The van der Waals surface area contributed by atoms with Crippen molar-refractivity contribution >= 4 is 27.5 Å². The van der Waals surface area contributed by atoms with Gasteiger partial charge in [0.1, 0.15) is 5.82 Å². The molecule has 0 saturated carbocycles. The highest BCUT2D eigenvalue weighted by Gasteiger charge is 2.52. The normalized spacial score (nSPS) is 19.3. The van der Waals surface area contributed by atoms with Crippen LogP contribution in [0.5, 0.6) is 0 Å². The summed E-state index contributed by atoms with van der Waals surface area (Å²) in [5, 5.41) is 11.4. The molecule has 0 radical (unpaired) electrons. The zero-order valence-electron chi connectivity index (χ0n) is 14.9. The van der Waals surface area contributed by atoms with Gasteiger partial charge in [0.05, 0.1) is 5.69 Å². The van der Waals surface area contributed by atoms with Gasteiger partial charge in [-0.25, -0.2) is 4.39 Å². The van der Waals surface area contributed by atoms with Crippen LogP contribution >= 0.6 is 15.9 Å². The number of fused-ring (bicyclic) bond motifs is 1. The molecular weight excluding hydrogens is 399 g/mol. The predicted octanol–water partition coefficient (Wildman–Crippen LogP) is 3.51. The first kappa shape index (κ1) is 19.0. The van der Waals surface area contributed by atoms with Gasteiger partial charge in [-0.15, -0.1) is 0 Å². The number of halogens is 2. The number of hydrogen-bond donors (Lipinski definition) is 1. The van der Waals surface area contributed by atoms with E-state index in [2.05, 4.69) is 34.7 Å². The van der Waals surface area contributed by atoms with Gasteiger partial charge >= 0.3 is 0 Å². The fraction of sp³-hybridized carbons (Fsp3) is 0.350. The lowest BCUT2D eigenvalue weighted by Crippen LogP contribution is -2.44. The summed E-state index contributed by atoms with van der Waals surface area (Å²) >= 11 is 3.47. The zero-order valence-corrected chi connectivity index (χ0v) is 16.5. The molecule has 0 saturated heterocycles. The maximum Gasteiger partial charge on any atom is 0.268 e. The second kappa shape index (κ2) is 7.47. The minimum Gasteiger partial charge on any atom is -0.372 e. The van der Waals surface area contributed by atoms with Crippen molar-refractivity contribution in [3.63, 3.8) is 0 Å². The number of hydrogen-bond acceptors (Lipinski definition) is 3. The number of anilines is 1. The molecule has 0 spiro atoms. The van der Waals surface area contributed by atoms with Crippen molar-refractivity contribution in [1.29, 1.82) is 0 Å². The molecule has 1 amide bonds. The smallest absolute Gasteiger partial charge is 0.268 e. The van der Waals surface area contributed by atoms with Crippen molar-refractivity contribution in [1.82, 2.24) is 4.90 Å². The highest BCUT2D eigenvalue weighted by Crippen LogP contribution is 2.47. The van der Waals surface area contributed by atoms with Crippen LogP contribution in [0.3, 0.4) is 0 Å². The summed E-state index contributed by atoms with van der Waals surface area (Å²) in [6.45, 7) is 7.14. The Hall–Kier alpha value is -1.76. The van der Waals surface area contributed by atoms with Gasteiger partial charge in [0.25, 0.3) is 5.91 Å². The molecular formula is C20H22BrFN2O2. The number of carbonyl (C=O) groups excluding carboxylic acids is 1. The van der Waals surface area contributed by atoms with Gasteiger partial charge in [-0.3, -0.25) is 4.79 Å². The standard InChI is InChI=1S/C20H22BrFN2O2/c1-3-23(4-2)12-13-24-17-7-5-6-16(21)18(17)20(26,19(24)25)14-8-10-15(22)11-9-14/h5-11,26H,3-4,12-13H2,1-2H3. The maximum atomic E-state index is 13.3. The van der Waals surface area contributed by atoms with Gasteiger partial charge in [0.2, 0.25) is 0 Å². The quantitative estimate of drug-likeness (QED) is 0.777. The average molecular weight is 421 g/mol. The first-order valence-electron chi connectivity index (χ1n) is 8.75. The van der Waals surface area contributed by atoms with Crippen LogP contribution in [-0.4, -0.2) is 42.1 Å². The minimum absolute atomic E-state index is 0.363. The molecule has 1 N–H and O–H groups in total. The third kappa shape index (κ3) is 3.06. The summed E-state index contributed by atoms with van der Waals surface area (Å²) in [4.78, 5) is 17.1. The topological polar surface area (TPSA) is 43.8 Å². The number of rotatable bonds is 6. The number of nitrogens with zero attached hydrogens (tertiary/aromatic N) is 2. The molecule has 0 aromatic heterocycles. The summed E-state index contributed by atoms with van der Waals surface area (Å²) < 4.78 is 14.0. The third-order valence-corrected chi connectivity index (χ3v) is 5.66. The third-order valence-electron chi connectivity index (χ3n) is 5.00. The largest absolute Gasteiger partial charge is 0.372 e. The highest BCUT2D eigenvalue weighted by atomic mass is 79.9. The monoisotopic (exact) mass is 420 g/mol. The Morgan fingerprint density at radius 1 is 1.15 bits per heavy atom. The summed E-state index contributed by atoms with van der Waals surface area (Å²) in [7, 11) is 0. The van der Waals surface area contributed by atoms with Crippen molar-refractivity contribution in [3.8, 4) is 0 Å².